The molecular weight excluding hydrogens is 303 g/mol. The Morgan fingerprint density at radius 2 is 1.67 bits per heavy atom. The van der Waals surface area contributed by atoms with Gasteiger partial charge in [-0.3, -0.25) is 0 Å². The van der Waals surface area contributed by atoms with Gasteiger partial charge in [-0.05, 0) is 41.9 Å². The second-order valence-electron chi connectivity index (χ2n) is 5.05. The Balaban J connectivity index is 2.08. The monoisotopic (exact) mass is 322 g/mol. The van der Waals surface area contributed by atoms with Gasteiger partial charge in [0.2, 0.25) is 0 Å². The van der Waals surface area contributed by atoms with Crippen molar-refractivity contribution in [3.63, 3.8) is 0 Å². The van der Waals surface area contributed by atoms with Crippen LogP contribution in [0.2, 0.25) is 10.0 Å². The van der Waals surface area contributed by atoms with E-state index in [9.17, 15) is 0 Å². The first kappa shape index (κ1) is 16.2. The molecule has 0 heterocycles. The van der Waals surface area contributed by atoms with Crippen LogP contribution in [0.3, 0.4) is 0 Å². The molecule has 0 aliphatic heterocycles. The van der Waals surface area contributed by atoms with Crippen LogP contribution in [-0.4, -0.2) is 13.6 Å². The molecule has 2 rings (SSSR count). The van der Waals surface area contributed by atoms with Crippen LogP contribution in [-0.2, 0) is 13.1 Å². The van der Waals surface area contributed by atoms with Gasteiger partial charge in [-0.25, -0.2) is 0 Å². The van der Waals surface area contributed by atoms with Crippen molar-refractivity contribution in [2.24, 2.45) is 0 Å². The van der Waals surface area contributed by atoms with E-state index in [0.717, 1.165) is 35.4 Å². The van der Waals surface area contributed by atoms with Crippen molar-refractivity contribution in [2.75, 3.05) is 18.5 Å². The number of nitrogens with one attached hydrogen (secondary N) is 1. The molecule has 0 unspecified atom stereocenters. The summed E-state index contributed by atoms with van der Waals surface area (Å²) < 4.78 is 0. The molecule has 1 N–H and O–H groups in total. The van der Waals surface area contributed by atoms with Gasteiger partial charge in [0, 0.05) is 25.2 Å². The summed E-state index contributed by atoms with van der Waals surface area (Å²) in [4.78, 5) is 2.14. The van der Waals surface area contributed by atoms with E-state index in [1.165, 1.54) is 11.1 Å². The van der Waals surface area contributed by atoms with E-state index in [1.807, 2.05) is 37.4 Å². The number of rotatable bonds is 6. The van der Waals surface area contributed by atoms with Crippen LogP contribution >= 0.6 is 23.2 Å². The number of anilines is 1. The number of hydrogen-bond acceptors (Lipinski definition) is 2. The van der Waals surface area contributed by atoms with Crippen molar-refractivity contribution >= 4 is 28.9 Å². The lowest BCUT2D eigenvalue weighted by molar-refractivity contribution is 0.727. The molecule has 112 valence electrons. The lowest BCUT2D eigenvalue weighted by Crippen LogP contribution is -2.17. The minimum atomic E-state index is 0.757. The number of halogens is 2. The van der Waals surface area contributed by atoms with Crippen LogP contribution < -0.4 is 10.2 Å². The summed E-state index contributed by atoms with van der Waals surface area (Å²) >= 11 is 12.3. The van der Waals surface area contributed by atoms with Gasteiger partial charge < -0.3 is 10.2 Å². The van der Waals surface area contributed by atoms with Crippen molar-refractivity contribution in [3.8, 4) is 0 Å². The van der Waals surface area contributed by atoms with Crippen LogP contribution in [0.5, 0.6) is 0 Å². The van der Waals surface area contributed by atoms with Crippen LogP contribution in [0.4, 0.5) is 5.69 Å². The molecule has 0 aromatic heterocycles. The predicted octanol–water partition coefficient (Wildman–Crippen LogP) is 4.74. The average molecular weight is 323 g/mol. The Morgan fingerprint density at radius 3 is 2.29 bits per heavy atom. The van der Waals surface area contributed by atoms with Crippen molar-refractivity contribution in [2.45, 2.75) is 20.0 Å². The molecule has 21 heavy (non-hydrogen) atoms. The highest BCUT2D eigenvalue weighted by molar-refractivity contribution is 6.33. The maximum atomic E-state index is 6.40. The van der Waals surface area contributed by atoms with Crippen LogP contribution in [0, 0.1) is 0 Å². The Bertz CT molecular complexity index is 582. The van der Waals surface area contributed by atoms with Gasteiger partial charge in [0.25, 0.3) is 0 Å². The SMILES string of the molecule is CCNCc1ccc(N(C)Cc2ccc(Cl)cc2)c(Cl)c1. The largest absolute Gasteiger partial charge is 0.369 e. The minimum Gasteiger partial charge on any atom is -0.369 e. The summed E-state index contributed by atoms with van der Waals surface area (Å²) in [5.74, 6) is 0. The van der Waals surface area contributed by atoms with Crippen LogP contribution in [0.25, 0.3) is 0 Å². The zero-order chi connectivity index (χ0) is 15.2. The molecule has 2 nitrogen and oxygen atoms in total. The Morgan fingerprint density at radius 1 is 1.00 bits per heavy atom. The highest BCUT2D eigenvalue weighted by Crippen LogP contribution is 2.27. The highest BCUT2D eigenvalue weighted by Gasteiger charge is 2.08. The van der Waals surface area contributed by atoms with E-state index in [2.05, 4.69) is 29.3 Å². The number of hydrogen-bond donors (Lipinski definition) is 1. The normalized spacial score (nSPS) is 10.7. The molecule has 0 spiro atoms. The van der Waals surface area contributed by atoms with Crippen molar-refractivity contribution in [1.82, 2.24) is 5.32 Å². The van der Waals surface area contributed by atoms with E-state index >= 15 is 0 Å². The molecule has 2 aromatic carbocycles. The van der Waals surface area contributed by atoms with Crippen LogP contribution in [0.1, 0.15) is 18.1 Å². The van der Waals surface area contributed by atoms with Crippen LogP contribution in [0.15, 0.2) is 42.5 Å². The molecule has 0 aliphatic rings. The molecular formula is C17H20Cl2N2. The van der Waals surface area contributed by atoms with Crippen molar-refractivity contribution in [1.29, 1.82) is 0 Å². The van der Waals surface area contributed by atoms with E-state index in [1.54, 1.807) is 0 Å². The smallest absolute Gasteiger partial charge is 0.0642 e. The number of nitrogens with zero attached hydrogens (tertiary/aromatic N) is 1. The zero-order valence-corrected chi connectivity index (χ0v) is 13.9. The second kappa shape index (κ2) is 7.69. The molecule has 0 bridgehead atoms. The van der Waals surface area contributed by atoms with Gasteiger partial charge in [0.1, 0.15) is 0 Å². The topological polar surface area (TPSA) is 15.3 Å². The Kier molecular flexibility index (Phi) is 5.92. The van der Waals surface area contributed by atoms with Crippen molar-refractivity contribution < 1.29 is 0 Å². The van der Waals surface area contributed by atoms with Gasteiger partial charge in [-0.15, -0.1) is 0 Å². The molecule has 0 saturated carbocycles. The maximum absolute atomic E-state index is 6.40. The summed E-state index contributed by atoms with van der Waals surface area (Å²) in [7, 11) is 2.04. The third-order valence-corrected chi connectivity index (χ3v) is 3.89. The summed E-state index contributed by atoms with van der Waals surface area (Å²) in [5, 5.41) is 4.84. The lowest BCUT2D eigenvalue weighted by atomic mass is 10.1. The molecule has 4 heteroatoms. The Hall–Kier alpha value is -1.22. The second-order valence-corrected chi connectivity index (χ2v) is 5.89. The van der Waals surface area contributed by atoms with Gasteiger partial charge >= 0.3 is 0 Å². The summed E-state index contributed by atoms with van der Waals surface area (Å²) in [5.41, 5.74) is 3.44. The first-order valence-electron chi connectivity index (χ1n) is 7.05. The molecule has 2 aromatic rings. The van der Waals surface area contributed by atoms with E-state index in [0.29, 0.717) is 0 Å². The summed E-state index contributed by atoms with van der Waals surface area (Å²) in [6.07, 6.45) is 0. The third-order valence-electron chi connectivity index (χ3n) is 3.34. The predicted molar refractivity (Wildman–Crippen MR) is 92.4 cm³/mol. The van der Waals surface area contributed by atoms with Gasteiger partial charge in [0.05, 0.1) is 10.7 Å². The van der Waals surface area contributed by atoms with Gasteiger partial charge in [0.15, 0.2) is 0 Å². The standard InChI is InChI=1S/C17H20Cl2N2/c1-3-20-11-14-6-9-17(16(19)10-14)21(2)12-13-4-7-15(18)8-5-13/h4-10,20H,3,11-12H2,1-2H3. The fourth-order valence-corrected chi connectivity index (χ4v) is 2.66. The lowest BCUT2D eigenvalue weighted by Gasteiger charge is -2.21. The fourth-order valence-electron chi connectivity index (χ4n) is 2.19. The first-order valence-corrected chi connectivity index (χ1v) is 7.80. The quantitative estimate of drug-likeness (QED) is 0.826. The molecule has 0 fully saturated rings. The summed E-state index contributed by atoms with van der Waals surface area (Å²) in [6, 6.07) is 14.1. The van der Waals surface area contributed by atoms with Gasteiger partial charge in [-0.2, -0.15) is 0 Å². The maximum Gasteiger partial charge on any atom is 0.0642 e. The third kappa shape index (κ3) is 4.63. The fraction of sp³-hybridized carbons (Fsp3) is 0.294. The van der Waals surface area contributed by atoms with Gasteiger partial charge in [-0.1, -0.05) is 48.3 Å². The zero-order valence-electron chi connectivity index (χ0n) is 12.4. The highest BCUT2D eigenvalue weighted by atomic mass is 35.5. The average Bonchev–Trinajstić information content (AvgIpc) is 2.47. The van der Waals surface area contributed by atoms with E-state index in [4.69, 9.17) is 23.2 Å². The van der Waals surface area contributed by atoms with Crippen molar-refractivity contribution in [3.05, 3.63) is 63.6 Å². The Labute approximate surface area is 136 Å². The van der Waals surface area contributed by atoms with E-state index in [-0.39, 0.29) is 0 Å². The summed E-state index contributed by atoms with van der Waals surface area (Å²) in [6.45, 7) is 4.69. The van der Waals surface area contributed by atoms with E-state index < -0.39 is 0 Å². The molecule has 0 saturated heterocycles. The first-order chi connectivity index (χ1) is 10.1. The molecule has 0 radical (unpaired) electrons. The molecule has 0 aliphatic carbocycles. The number of benzene rings is 2. The minimum absolute atomic E-state index is 0.757. The molecule has 0 amide bonds. The molecule has 0 atom stereocenters.